The number of anilines is 2. The first-order valence-corrected chi connectivity index (χ1v) is 13.0. The van der Waals surface area contributed by atoms with Gasteiger partial charge in [0.1, 0.15) is 6.61 Å². The van der Waals surface area contributed by atoms with Gasteiger partial charge in [-0.15, -0.1) is 0 Å². The molecule has 2 amide bonds. The molecule has 0 aliphatic carbocycles. The lowest BCUT2D eigenvalue weighted by Gasteiger charge is -2.39. The lowest BCUT2D eigenvalue weighted by Crippen LogP contribution is -2.49. The molecular formula is C28H34N6O3. The minimum absolute atomic E-state index is 0.00319. The SMILES string of the molecule is C=CC(=O)N1CCN(C2CCC/C=C/CN3C(=O)OCc4cnc(nc43)N[C@@H](C)c3ccc2cc3)CC1. The van der Waals surface area contributed by atoms with Gasteiger partial charge in [0, 0.05) is 45.0 Å². The maximum atomic E-state index is 12.5. The Morgan fingerprint density at radius 1 is 1.14 bits per heavy atom. The lowest BCUT2D eigenvalue weighted by molar-refractivity contribution is -0.128. The second kappa shape index (κ2) is 11.1. The van der Waals surface area contributed by atoms with Crippen LogP contribution in [0.1, 0.15) is 55.0 Å². The van der Waals surface area contributed by atoms with Gasteiger partial charge in [0.25, 0.3) is 0 Å². The Morgan fingerprint density at radius 2 is 1.89 bits per heavy atom. The number of hydrogen-bond acceptors (Lipinski definition) is 7. The van der Waals surface area contributed by atoms with Crippen LogP contribution in [0.15, 0.2) is 55.3 Å². The molecule has 4 aliphatic heterocycles. The van der Waals surface area contributed by atoms with Gasteiger partial charge in [-0.1, -0.05) is 43.0 Å². The summed E-state index contributed by atoms with van der Waals surface area (Å²) in [5.74, 6) is 1.08. The fourth-order valence-electron chi connectivity index (χ4n) is 5.22. The summed E-state index contributed by atoms with van der Waals surface area (Å²) in [4.78, 5) is 39.6. The number of nitrogens with one attached hydrogen (secondary N) is 1. The Hall–Kier alpha value is -3.72. The van der Waals surface area contributed by atoms with Crippen molar-refractivity contribution < 1.29 is 14.3 Å². The quantitative estimate of drug-likeness (QED) is 0.486. The Balaban J connectivity index is 1.39. The summed E-state index contributed by atoms with van der Waals surface area (Å²) in [6.45, 7) is 9.40. The molecule has 37 heavy (non-hydrogen) atoms. The molecule has 9 heteroatoms. The highest BCUT2D eigenvalue weighted by atomic mass is 16.6. The van der Waals surface area contributed by atoms with Crippen LogP contribution in [0.4, 0.5) is 16.6 Å². The molecule has 0 saturated carbocycles. The third kappa shape index (κ3) is 5.51. The van der Waals surface area contributed by atoms with Gasteiger partial charge >= 0.3 is 6.09 Å². The molecule has 5 heterocycles. The fraction of sp³-hybridized carbons (Fsp3) is 0.429. The van der Waals surface area contributed by atoms with Crippen molar-refractivity contribution in [2.45, 2.75) is 44.9 Å². The molecular weight excluding hydrogens is 468 g/mol. The van der Waals surface area contributed by atoms with Gasteiger partial charge in [0.15, 0.2) is 5.82 Å². The molecule has 1 aromatic heterocycles. The number of hydrogen-bond donors (Lipinski definition) is 1. The van der Waals surface area contributed by atoms with E-state index in [0.717, 1.165) is 43.5 Å². The molecule has 1 aromatic carbocycles. The smallest absolute Gasteiger partial charge is 0.416 e. The average Bonchev–Trinajstić information content (AvgIpc) is 2.93. The molecule has 6 rings (SSSR count). The second-order valence-electron chi connectivity index (χ2n) is 9.72. The van der Waals surface area contributed by atoms with Crippen molar-refractivity contribution in [3.8, 4) is 0 Å². The number of amides is 2. The predicted octanol–water partition coefficient (Wildman–Crippen LogP) is 4.22. The zero-order chi connectivity index (χ0) is 25.8. The Morgan fingerprint density at radius 3 is 2.65 bits per heavy atom. The second-order valence-corrected chi connectivity index (χ2v) is 9.72. The summed E-state index contributed by atoms with van der Waals surface area (Å²) in [5.41, 5.74) is 3.22. The van der Waals surface area contributed by atoms with Gasteiger partial charge in [-0.05, 0) is 43.4 Å². The third-order valence-corrected chi connectivity index (χ3v) is 7.38. The van der Waals surface area contributed by atoms with E-state index < -0.39 is 6.09 Å². The van der Waals surface area contributed by atoms with Gasteiger partial charge in [-0.25, -0.2) is 9.78 Å². The van der Waals surface area contributed by atoms with Gasteiger partial charge in [0.2, 0.25) is 11.9 Å². The summed E-state index contributed by atoms with van der Waals surface area (Å²) in [6.07, 6.45) is 9.80. The van der Waals surface area contributed by atoms with E-state index in [9.17, 15) is 9.59 Å². The molecule has 1 unspecified atom stereocenters. The van der Waals surface area contributed by atoms with Crippen molar-refractivity contribution in [3.05, 3.63) is 72.0 Å². The molecule has 1 N–H and O–H groups in total. The van der Waals surface area contributed by atoms with Crippen LogP contribution in [0.3, 0.4) is 0 Å². The minimum Gasteiger partial charge on any atom is -0.444 e. The molecule has 2 atom stereocenters. The molecule has 0 radical (unpaired) electrons. The van der Waals surface area contributed by atoms with Crippen molar-refractivity contribution in [2.75, 3.05) is 42.9 Å². The predicted molar refractivity (Wildman–Crippen MR) is 142 cm³/mol. The summed E-state index contributed by atoms with van der Waals surface area (Å²) >= 11 is 0. The highest BCUT2D eigenvalue weighted by molar-refractivity contribution is 5.89. The Labute approximate surface area is 217 Å². The zero-order valence-electron chi connectivity index (χ0n) is 21.3. The van der Waals surface area contributed by atoms with E-state index in [1.807, 2.05) is 11.0 Å². The van der Waals surface area contributed by atoms with Crippen molar-refractivity contribution in [1.29, 1.82) is 0 Å². The Bertz CT molecular complexity index is 1170. The molecule has 9 nitrogen and oxygen atoms in total. The highest BCUT2D eigenvalue weighted by Crippen LogP contribution is 2.31. The monoisotopic (exact) mass is 502 g/mol. The van der Waals surface area contributed by atoms with Crippen molar-refractivity contribution in [2.24, 2.45) is 0 Å². The largest absolute Gasteiger partial charge is 0.444 e. The average molecular weight is 503 g/mol. The normalized spacial score (nSPS) is 23.5. The van der Waals surface area contributed by atoms with Gasteiger partial charge in [-0.2, -0.15) is 4.98 Å². The van der Waals surface area contributed by atoms with Crippen LogP contribution in [0.2, 0.25) is 0 Å². The first kappa shape index (κ1) is 25.0. The van der Waals surface area contributed by atoms with Crippen LogP contribution in [0.25, 0.3) is 0 Å². The van der Waals surface area contributed by atoms with E-state index in [-0.39, 0.29) is 24.6 Å². The van der Waals surface area contributed by atoms with E-state index >= 15 is 0 Å². The number of piperazine rings is 1. The van der Waals surface area contributed by atoms with E-state index in [4.69, 9.17) is 4.74 Å². The number of nitrogens with zero attached hydrogens (tertiary/aromatic N) is 5. The van der Waals surface area contributed by atoms with E-state index in [1.54, 1.807) is 11.1 Å². The number of carbonyl (C=O) groups is 2. The highest BCUT2D eigenvalue weighted by Gasteiger charge is 2.28. The number of ether oxygens (including phenoxy) is 1. The molecule has 1 saturated heterocycles. The van der Waals surface area contributed by atoms with Crippen molar-refractivity contribution in [1.82, 2.24) is 19.8 Å². The number of benzene rings is 1. The topological polar surface area (TPSA) is 90.9 Å². The summed E-state index contributed by atoms with van der Waals surface area (Å²) in [5, 5.41) is 3.38. The first-order chi connectivity index (χ1) is 18.0. The minimum atomic E-state index is -0.391. The zero-order valence-corrected chi connectivity index (χ0v) is 21.3. The van der Waals surface area contributed by atoms with Crippen LogP contribution < -0.4 is 10.2 Å². The summed E-state index contributed by atoms with van der Waals surface area (Å²) in [7, 11) is 0. The van der Waals surface area contributed by atoms with Crippen molar-refractivity contribution >= 4 is 23.8 Å². The molecule has 4 bridgehead atoms. The van der Waals surface area contributed by atoms with Gasteiger partial charge < -0.3 is 15.0 Å². The maximum absolute atomic E-state index is 12.5. The van der Waals surface area contributed by atoms with Crippen LogP contribution in [-0.2, 0) is 16.1 Å². The Kier molecular flexibility index (Phi) is 7.50. The fourth-order valence-corrected chi connectivity index (χ4v) is 5.22. The van der Waals surface area contributed by atoms with Crippen LogP contribution >= 0.6 is 0 Å². The molecule has 1 fully saturated rings. The van der Waals surface area contributed by atoms with E-state index in [1.165, 1.54) is 11.6 Å². The standard InChI is InChI=1S/C28H34N6O3/c1-3-25(35)33-16-14-32(15-17-33)24-8-6-4-5-7-13-34-26-23(19-37-28(34)36)18-29-27(31-26)30-20(2)21-9-11-22(24)12-10-21/h3,5,7,9-12,18,20,24H,1,4,6,8,13-17,19H2,2H3,(H,29,30,31)/b7-5+/t20-,24?/m0/s1. The number of fused-ring (bicyclic) bond motifs is 8. The van der Waals surface area contributed by atoms with Crippen LogP contribution in [0, 0.1) is 0 Å². The number of carbonyl (C=O) groups excluding carboxylic acids is 2. The first-order valence-electron chi connectivity index (χ1n) is 13.0. The van der Waals surface area contributed by atoms with Gasteiger partial charge in [0.05, 0.1) is 11.6 Å². The van der Waals surface area contributed by atoms with E-state index in [0.29, 0.717) is 31.4 Å². The molecule has 2 aromatic rings. The summed E-state index contributed by atoms with van der Waals surface area (Å²) in [6, 6.07) is 9.03. The van der Waals surface area contributed by atoms with Crippen LogP contribution in [-0.4, -0.2) is 64.5 Å². The van der Waals surface area contributed by atoms with Crippen LogP contribution in [0.5, 0.6) is 0 Å². The molecule has 4 aliphatic rings. The maximum Gasteiger partial charge on any atom is 0.416 e. The number of aromatic nitrogens is 2. The summed E-state index contributed by atoms with van der Waals surface area (Å²) < 4.78 is 5.32. The number of cyclic esters (lactones) is 1. The third-order valence-electron chi connectivity index (χ3n) is 7.38. The van der Waals surface area contributed by atoms with Gasteiger partial charge in [-0.3, -0.25) is 14.6 Å². The molecule has 194 valence electrons. The lowest BCUT2D eigenvalue weighted by atomic mass is 9.96. The number of allylic oxidation sites excluding steroid dienone is 1. The van der Waals surface area contributed by atoms with E-state index in [2.05, 4.69) is 64.0 Å². The van der Waals surface area contributed by atoms with Crippen molar-refractivity contribution in [3.63, 3.8) is 0 Å². The molecule has 0 spiro atoms. The number of rotatable bonds is 2.